The first kappa shape index (κ1) is 26.9. The summed E-state index contributed by atoms with van der Waals surface area (Å²) < 4.78 is 5.77. The smallest absolute Gasteiger partial charge is 0.261 e. The molecule has 0 aliphatic carbocycles. The number of carbonyl (C=O) groups excluding carboxylic acids is 2. The minimum Gasteiger partial charge on any atom is -0.492 e. The van der Waals surface area contributed by atoms with Crippen LogP contribution in [0.4, 0.5) is 11.4 Å². The number of thiocarbonyl (C=S) groups is 1. The maximum Gasteiger partial charge on any atom is 0.261 e. The Bertz CT molecular complexity index is 1230. The number of hydrogen-bond donors (Lipinski definition) is 3. The standard InChI is InChI=1S/C29H33N3O3S/c1-19(2)18-35-25-12-7-6-11-24(25)27(34)32-28(36)31-23-10-8-9-22(17-23)30-26(33)20-13-15-21(16-14-20)29(3,4)5/h6-17,19H,18H2,1-5H3,(H,30,33)(H2,31,32,34,36). The maximum atomic E-state index is 12.8. The van der Waals surface area contributed by atoms with Crippen molar-refractivity contribution in [1.29, 1.82) is 0 Å². The Hall–Kier alpha value is -3.71. The van der Waals surface area contributed by atoms with Crippen LogP contribution < -0.4 is 20.7 Å². The quantitative estimate of drug-likeness (QED) is 0.325. The number of carbonyl (C=O) groups is 2. The van der Waals surface area contributed by atoms with Crippen molar-refractivity contribution in [3.05, 3.63) is 89.5 Å². The average Bonchev–Trinajstić information content (AvgIpc) is 2.82. The Labute approximate surface area is 218 Å². The van der Waals surface area contributed by atoms with Crippen LogP contribution in [0.5, 0.6) is 5.75 Å². The summed E-state index contributed by atoms with van der Waals surface area (Å²) in [7, 11) is 0. The van der Waals surface area contributed by atoms with E-state index in [2.05, 4.69) is 36.7 Å². The van der Waals surface area contributed by atoms with Gasteiger partial charge in [-0.15, -0.1) is 0 Å². The molecule has 0 radical (unpaired) electrons. The first-order valence-electron chi connectivity index (χ1n) is 11.9. The van der Waals surface area contributed by atoms with Gasteiger partial charge in [-0.3, -0.25) is 14.9 Å². The van der Waals surface area contributed by atoms with Gasteiger partial charge in [-0.25, -0.2) is 0 Å². The zero-order valence-electron chi connectivity index (χ0n) is 21.3. The van der Waals surface area contributed by atoms with E-state index in [0.717, 1.165) is 5.56 Å². The summed E-state index contributed by atoms with van der Waals surface area (Å²) in [6, 6.07) is 21.8. The molecule has 0 fully saturated rings. The fourth-order valence-electron chi connectivity index (χ4n) is 3.37. The summed E-state index contributed by atoms with van der Waals surface area (Å²) in [5, 5.41) is 8.73. The first-order chi connectivity index (χ1) is 17.0. The molecule has 0 saturated carbocycles. The average molecular weight is 504 g/mol. The van der Waals surface area contributed by atoms with E-state index >= 15 is 0 Å². The van der Waals surface area contributed by atoms with E-state index in [1.807, 2.05) is 44.2 Å². The van der Waals surface area contributed by atoms with Gasteiger partial charge in [0.25, 0.3) is 11.8 Å². The molecule has 0 unspecified atom stereocenters. The molecule has 3 aromatic rings. The topological polar surface area (TPSA) is 79.5 Å². The van der Waals surface area contributed by atoms with Crippen molar-refractivity contribution in [2.75, 3.05) is 17.2 Å². The van der Waals surface area contributed by atoms with Gasteiger partial charge in [0, 0.05) is 16.9 Å². The third-order valence-electron chi connectivity index (χ3n) is 5.32. The molecule has 3 rings (SSSR count). The normalized spacial score (nSPS) is 11.1. The van der Waals surface area contributed by atoms with Gasteiger partial charge in [-0.05, 0) is 71.6 Å². The molecule has 3 aromatic carbocycles. The summed E-state index contributed by atoms with van der Waals surface area (Å²) >= 11 is 5.34. The molecule has 6 nitrogen and oxygen atoms in total. The fourth-order valence-corrected chi connectivity index (χ4v) is 3.58. The molecule has 0 aliphatic rings. The number of nitrogens with one attached hydrogen (secondary N) is 3. The maximum absolute atomic E-state index is 12.8. The van der Waals surface area contributed by atoms with Crippen LogP contribution in [0.3, 0.4) is 0 Å². The van der Waals surface area contributed by atoms with E-state index in [0.29, 0.717) is 40.8 Å². The Kier molecular flexibility index (Phi) is 8.83. The molecule has 3 N–H and O–H groups in total. The summed E-state index contributed by atoms with van der Waals surface area (Å²) in [4.78, 5) is 25.5. The van der Waals surface area contributed by atoms with Gasteiger partial charge < -0.3 is 15.4 Å². The number of ether oxygens (including phenoxy) is 1. The number of amides is 2. The van der Waals surface area contributed by atoms with Gasteiger partial charge >= 0.3 is 0 Å². The molecule has 2 amide bonds. The molecule has 188 valence electrons. The molecule has 0 heterocycles. The predicted molar refractivity (Wildman–Crippen MR) is 150 cm³/mol. The van der Waals surface area contributed by atoms with Crippen LogP contribution in [0.15, 0.2) is 72.8 Å². The third kappa shape index (κ3) is 7.65. The lowest BCUT2D eigenvalue weighted by Gasteiger charge is -2.19. The molecular formula is C29H33N3O3S. The SMILES string of the molecule is CC(C)COc1ccccc1C(=O)NC(=S)Nc1cccc(NC(=O)c2ccc(C(C)(C)C)cc2)c1. The number of para-hydroxylation sites is 1. The molecule has 36 heavy (non-hydrogen) atoms. The monoisotopic (exact) mass is 503 g/mol. The molecule has 0 saturated heterocycles. The van der Waals surface area contributed by atoms with Gasteiger partial charge in [-0.1, -0.05) is 65.0 Å². The van der Waals surface area contributed by atoms with Crippen molar-refractivity contribution < 1.29 is 14.3 Å². The number of hydrogen-bond acceptors (Lipinski definition) is 4. The summed E-state index contributed by atoms with van der Waals surface area (Å²) in [5.74, 6) is 0.266. The fraction of sp³-hybridized carbons (Fsp3) is 0.276. The van der Waals surface area contributed by atoms with E-state index in [4.69, 9.17) is 17.0 Å². The van der Waals surface area contributed by atoms with Crippen LogP contribution in [-0.4, -0.2) is 23.5 Å². The highest BCUT2D eigenvalue weighted by molar-refractivity contribution is 7.80. The summed E-state index contributed by atoms with van der Waals surface area (Å²) in [6.07, 6.45) is 0. The van der Waals surface area contributed by atoms with Crippen molar-refractivity contribution in [2.45, 2.75) is 40.0 Å². The predicted octanol–water partition coefficient (Wildman–Crippen LogP) is 6.40. The van der Waals surface area contributed by atoms with E-state index in [1.54, 1.807) is 42.5 Å². The third-order valence-corrected chi connectivity index (χ3v) is 5.53. The molecular weight excluding hydrogens is 470 g/mol. The highest BCUT2D eigenvalue weighted by Crippen LogP contribution is 2.23. The molecule has 0 spiro atoms. The second-order valence-electron chi connectivity index (χ2n) is 9.97. The number of anilines is 2. The van der Waals surface area contributed by atoms with Crippen molar-refractivity contribution in [3.63, 3.8) is 0 Å². The summed E-state index contributed by atoms with van der Waals surface area (Å²) in [6.45, 7) is 11.0. The van der Waals surface area contributed by atoms with Crippen LogP contribution >= 0.6 is 12.2 Å². The summed E-state index contributed by atoms with van der Waals surface area (Å²) in [5.41, 5.74) is 3.39. The lowest BCUT2D eigenvalue weighted by Crippen LogP contribution is -2.34. The number of benzene rings is 3. The van der Waals surface area contributed by atoms with Gasteiger partial charge in [0.2, 0.25) is 0 Å². The first-order valence-corrected chi connectivity index (χ1v) is 12.3. The Morgan fingerprint density at radius 2 is 1.50 bits per heavy atom. The van der Waals surface area contributed by atoms with Crippen LogP contribution in [0, 0.1) is 5.92 Å². The minimum absolute atomic E-state index is 0.0199. The highest BCUT2D eigenvalue weighted by Gasteiger charge is 2.16. The minimum atomic E-state index is -0.366. The van der Waals surface area contributed by atoms with E-state index in [1.165, 1.54) is 0 Å². The van der Waals surface area contributed by atoms with Crippen LogP contribution in [0.2, 0.25) is 0 Å². The van der Waals surface area contributed by atoms with E-state index in [9.17, 15) is 9.59 Å². The highest BCUT2D eigenvalue weighted by atomic mass is 32.1. The largest absolute Gasteiger partial charge is 0.492 e. The molecule has 0 aromatic heterocycles. The second kappa shape index (κ2) is 11.8. The van der Waals surface area contributed by atoms with Gasteiger partial charge in [0.15, 0.2) is 5.11 Å². The van der Waals surface area contributed by atoms with Crippen LogP contribution in [-0.2, 0) is 5.41 Å². The zero-order valence-corrected chi connectivity index (χ0v) is 22.2. The molecule has 0 bridgehead atoms. The Morgan fingerprint density at radius 3 is 2.14 bits per heavy atom. The van der Waals surface area contributed by atoms with Crippen LogP contribution in [0.25, 0.3) is 0 Å². The lowest BCUT2D eigenvalue weighted by atomic mass is 9.87. The van der Waals surface area contributed by atoms with Crippen molar-refractivity contribution in [2.24, 2.45) is 5.92 Å². The number of rotatable bonds is 7. The van der Waals surface area contributed by atoms with Crippen molar-refractivity contribution in [3.8, 4) is 5.75 Å². The molecule has 7 heteroatoms. The van der Waals surface area contributed by atoms with Crippen molar-refractivity contribution >= 4 is 40.5 Å². The molecule has 0 aliphatic heterocycles. The van der Waals surface area contributed by atoms with Gasteiger partial charge in [0.05, 0.1) is 12.2 Å². The van der Waals surface area contributed by atoms with Crippen molar-refractivity contribution in [1.82, 2.24) is 5.32 Å². The zero-order chi connectivity index (χ0) is 26.3. The lowest BCUT2D eigenvalue weighted by molar-refractivity contribution is 0.0971. The van der Waals surface area contributed by atoms with E-state index in [-0.39, 0.29) is 22.3 Å². The van der Waals surface area contributed by atoms with E-state index < -0.39 is 0 Å². The second-order valence-corrected chi connectivity index (χ2v) is 10.4. The Morgan fingerprint density at radius 1 is 0.861 bits per heavy atom. The Balaban J connectivity index is 1.61. The van der Waals surface area contributed by atoms with Gasteiger partial charge in [-0.2, -0.15) is 0 Å². The van der Waals surface area contributed by atoms with Crippen LogP contribution in [0.1, 0.15) is 60.9 Å². The molecule has 0 atom stereocenters. The van der Waals surface area contributed by atoms with Gasteiger partial charge in [0.1, 0.15) is 5.75 Å².